The van der Waals surface area contributed by atoms with Crippen LogP contribution in [0.2, 0.25) is 0 Å². The summed E-state index contributed by atoms with van der Waals surface area (Å²) in [6.07, 6.45) is 5.83. The quantitative estimate of drug-likeness (QED) is 0.624. The molecule has 0 radical (unpaired) electrons. The normalized spacial score (nSPS) is 20.1. The zero-order valence-electron chi connectivity index (χ0n) is 10.6. The van der Waals surface area contributed by atoms with Gasteiger partial charge in [-0.25, -0.2) is 9.98 Å². The highest BCUT2D eigenvalue weighted by Gasteiger charge is 2.19. The van der Waals surface area contributed by atoms with Crippen molar-refractivity contribution in [3.8, 4) is 0 Å². The van der Waals surface area contributed by atoms with Crippen LogP contribution in [0.1, 0.15) is 26.1 Å². The molecule has 0 aliphatic carbocycles. The maximum atomic E-state index is 6.01. The summed E-state index contributed by atoms with van der Waals surface area (Å²) in [5, 5.41) is 0. The van der Waals surface area contributed by atoms with Crippen LogP contribution in [0.4, 0.5) is 0 Å². The van der Waals surface area contributed by atoms with E-state index in [4.69, 9.17) is 5.73 Å². The van der Waals surface area contributed by atoms with Crippen molar-refractivity contribution in [2.75, 3.05) is 13.1 Å². The number of imidazole rings is 1. The molecule has 2 rings (SSSR count). The van der Waals surface area contributed by atoms with E-state index in [2.05, 4.69) is 33.3 Å². The molecule has 0 amide bonds. The van der Waals surface area contributed by atoms with Gasteiger partial charge in [0.1, 0.15) is 5.82 Å². The van der Waals surface area contributed by atoms with Gasteiger partial charge < -0.3 is 15.2 Å². The number of fused-ring (bicyclic) bond motifs is 1. The van der Waals surface area contributed by atoms with Crippen molar-refractivity contribution in [1.82, 2.24) is 14.5 Å². The maximum Gasteiger partial charge on any atom is 0.191 e. The van der Waals surface area contributed by atoms with Gasteiger partial charge in [-0.15, -0.1) is 0 Å². The second-order valence-corrected chi connectivity index (χ2v) is 4.34. The smallest absolute Gasteiger partial charge is 0.191 e. The molecule has 2 heterocycles. The number of aromatic nitrogens is 2. The van der Waals surface area contributed by atoms with Crippen LogP contribution < -0.4 is 5.73 Å². The van der Waals surface area contributed by atoms with Gasteiger partial charge in [-0.2, -0.15) is 0 Å². The predicted molar refractivity (Wildman–Crippen MR) is 68.9 cm³/mol. The summed E-state index contributed by atoms with van der Waals surface area (Å²) >= 11 is 0. The Balaban J connectivity index is 2.03. The van der Waals surface area contributed by atoms with Crippen LogP contribution in [0, 0.1) is 0 Å². The molecule has 5 heteroatoms. The highest BCUT2D eigenvalue weighted by Crippen LogP contribution is 2.16. The van der Waals surface area contributed by atoms with Gasteiger partial charge in [-0.3, -0.25) is 0 Å². The Bertz CT molecular complexity index is 391. The summed E-state index contributed by atoms with van der Waals surface area (Å²) in [7, 11) is 0. The molecule has 1 atom stereocenters. The van der Waals surface area contributed by atoms with E-state index in [0.717, 1.165) is 38.3 Å². The van der Waals surface area contributed by atoms with Crippen LogP contribution in [-0.2, 0) is 13.0 Å². The summed E-state index contributed by atoms with van der Waals surface area (Å²) in [4.78, 5) is 11.0. The third-order valence-corrected chi connectivity index (χ3v) is 3.33. The molecule has 0 saturated carbocycles. The predicted octanol–water partition coefficient (Wildman–Crippen LogP) is 0.854. The lowest BCUT2D eigenvalue weighted by Gasteiger charge is -2.24. The Morgan fingerprint density at radius 1 is 1.59 bits per heavy atom. The second-order valence-electron chi connectivity index (χ2n) is 4.34. The fourth-order valence-corrected chi connectivity index (χ4v) is 2.26. The van der Waals surface area contributed by atoms with Gasteiger partial charge in [0.05, 0.1) is 6.04 Å². The molecule has 0 bridgehead atoms. The van der Waals surface area contributed by atoms with E-state index in [9.17, 15) is 0 Å². The number of aliphatic imine (C=N–C) groups is 1. The highest BCUT2D eigenvalue weighted by molar-refractivity contribution is 5.78. The molecule has 0 aromatic carbocycles. The van der Waals surface area contributed by atoms with Gasteiger partial charge in [-0.1, -0.05) is 0 Å². The summed E-state index contributed by atoms with van der Waals surface area (Å²) in [5.41, 5.74) is 6.01. The van der Waals surface area contributed by atoms with Crippen LogP contribution in [0.25, 0.3) is 0 Å². The van der Waals surface area contributed by atoms with Crippen molar-refractivity contribution >= 4 is 5.96 Å². The molecule has 1 aromatic rings. The van der Waals surface area contributed by atoms with Crippen molar-refractivity contribution in [1.29, 1.82) is 0 Å². The van der Waals surface area contributed by atoms with Crippen molar-refractivity contribution in [2.45, 2.75) is 39.3 Å². The third-order valence-electron chi connectivity index (χ3n) is 3.33. The first-order valence-electron chi connectivity index (χ1n) is 6.32. The first kappa shape index (κ1) is 12.0. The monoisotopic (exact) mass is 235 g/mol. The van der Waals surface area contributed by atoms with E-state index in [1.165, 1.54) is 0 Å². The van der Waals surface area contributed by atoms with Gasteiger partial charge in [0, 0.05) is 38.4 Å². The van der Waals surface area contributed by atoms with Gasteiger partial charge in [0.2, 0.25) is 0 Å². The Kier molecular flexibility index (Phi) is 3.66. The fourth-order valence-electron chi connectivity index (χ4n) is 2.26. The molecule has 1 aliphatic heterocycles. The van der Waals surface area contributed by atoms with Crippen molar-refractivity contribution in [2.24, 2.45) is 10.7 Å². The maximum absolute atomic E-state index is 6.01. The summed E-state index contributed by atoms with van der Waals surface area (Å²) in [6, 6.07) is 0.283. The molecule has 2 N–H and O–H groups in total. The number of aryl methyl sites for hydroxylation is 1. The van der Waals surface area contributed by atoms with E-state index in [-0.39, 0.29) is 6.04 Å². The summed E-state index contributed by atoms with van der Waals surface area (Å²) in [5.74, 6) is 1.79. The number of nitrogens with zero attached hydrogens (tertiary/aromatic N) is 4. The minimum Gasteiger partial charge on any atom is -0.370 e. The van der Waals surface area contributed by atoms with Crippen LogP contribution in [0.3, 0.4) is 0 Å². The molecule has 1 aliphatic rings. The van der Waals surface area contributed by atoms with Crippen LogP contribution in [0.15, 0.2) is 17.4 Å². The van der Waals surface area contributed by atoms with Gasteiger partial charge in [0.25, 0.3) is 0 Å². The lowest BCUT2D eigenvalue weighted by Crippen LogP contribution is -2.38. The van der Waals surface area contributed by atoms with Crippen molar-refractivity contribution in [3.05, 3.63) is 18.2 Å². The number of nitrogens with two attached hydrogens (primary N) is 1. The molecule has 1 aromatic heterocycles. The van der Waals surface area contributed by atoms with Crippen molar-refractivity contribution < 1.29 is 0 Å². The summed E-state index contributed by atoms with van der Waals surface area (Å²) in [6.45, 7) is 7.01. The number of hydrogen-bond donors (Lipinski definition) is 1. The SMILES string of the molecule is CCN(CC)C(N)=NC1CCn2ccnc2C1. The molecule has 0 saturated heterocycles. The van der Waals surface area contributed by atoms with E-state index in [1.807, 2.05) is 12.4 Å². The minimum absolute atomic E-state index is 0.283. The molecule has 94 valence electrons. The van der Waals surface area contributed by atoms with Gasteiger partial charge in [-0.05, 0) is 20.3 Å². The lowest BCUT2D eigenvalue weighted by atomic mass is 10.1. The number of hydrogen-bond acceptors (Lipinski definition) is 2. The molecular formula is C12H21N5. The first-order chi connectivity index (χ1) is 8.24. The molecule has 1 unspecified atom stereocenters. The molecule has 17 heavy (non-hydrogen) atoms. The van der Waals surface area contributed by atoms with Gasteiger partial charge in [0.15, 0.2) is 5.96 Å². The standard InChI is InChI=1S/C12H21N5/c1-3-16(4-2)12(13)15-10-5-7-17-8-6-14-11(17)9-10/h6,8,10H,3-5,7,9H2,1-2H3,(H2,13,15). The average molecular weight is 235 g/mol. The Morgan fingerprint density at radius 2 is 2.35 bits per heavy atom. The van der Waals surface area contributed by atoms with E-state index < -0.39 is 0 Å². The zero-order chi connectivity index (χ0) is 12.3. The number of guanidine groups is 1. The average Bonchev–Trinajstić information content (AvgIpc) is 2.77. The van der Waals surface area contributed by atoms with Crippen LogP contribution in [0.5, 0.6) is 0 Å². The molecular weight excluding hydrogens is 214 g/mol. The first-order valence-corrected chi connectivity index (χ1v) is 6.32. The van der Waals surface area contributed by atoms with Gasteiger partial charge >= 0.3 is 0 Å². The number of rotatable bonds is 3. The van der Waals surface area contributed by atoms with E-state index >= 15 is 0 Å². The largest absolute Gasteiger partial charge is 0.370 e. The second kappa shape index (κ2) is 5.21. The van der Waals surface area contributed by atoms with E-state index in [0.29, 0.717) is 5.96 Å². The Hall–Kier alpha value is -1.52. The molecule has 0 spiro atoms. The Morgan fingerprint density at radius 3 is 3.06 bits per heavy atom. The molecule has 0 fully saturated rings. The van der Waals surface area contributed by atoms with Crippen molar-refractivity contribution in [3.63, 3.8) is 0 Å². The third kappa shape index (κ3) is 2.60. The van der Waals surface area contributed by atoms with Crippen LogP contribution in [-0.4, -0.2) is 39.5 Å². The van der Waals surface area contributed by atoms with E-state index in [1.54, 1.807) is 0 Å². The highest BCUT2D eigenvalue weighted by atomic mass is 15.2. The Labute approximate surface area is 102 Å². The summed E-state index contributed by atoms with van der Waals surface area (Å²) < 4.78 is 2.19. The zero-order valence-corrected chi connectivity index (χ0v) is 10.6. The topological polar surface area (TPSA) is 59.4 Å². The van der Waals surface area contributed by atoms with Crippen LogP contribution >= 0.6 is 0 Å². The molecule has 5 nitrogen and oxygen atoms in total. The lowest BCUT2D eigenvalue weighted by molar-refractivity contribution is 0.432. The minimum atomic E-state index is 0.283. The fraction of sp³-hybridized carbons (Fsp3) is 0.667.